The minimum atomic E-state index is -0.648. The molecule has 2 saturated heterocycles. The van der Waals surface area contributed by atoms with Gasteiger partial charge in [-0.15, -0.1) is 0 Å². The van der Waals surface area contributed by atoms with Crippen molar-refractivity contribution in [3.8, 4) is 0 Å². The maximum Gasteiger partial charge on any atom is 0.493 e. The SMILES string of the molecule is COC(=O)N[C@H](C(=O)N1[C@@H]2CC[C@@H](C2)[C@H]1c1nc2ccc(B3OCC(C)(C)CO3)cc2[nH]1)C(C)C. The van der Waals surface area contributed by atoms with Gasteiger partial charge >= 0.3 is 13.2 Å². The zero-order valence-electron chi connectivity index (χ0n) is 21.2. The van der Waals surface area contributed by atoms with E-state index in [-0.39, 0.29) is 29.3 Å². The molecule has 10 heteroatoms. The van der Waals surface area contributed by atoms with E-state index >= 15 is 0 Å². The second-order valence-corrected chi connectivity index (χ2v) is 11.3. The molecule has 2 amide bonds. The van der Waals surface area contributed by atoms with E-state index in [0.717, 1.165) is 41.6 Å². The number of ether oxygens (including phenoxy) is 1. The Labute approximate surface area is 206 Å². The van der Waals surface area contributed by atoms with Crippen LogP contribution in [0.5, 0.6) is 0 Å². The fourth-order valence-corrected chi connectivity index (χ4v) is 5.74. The van der Waals surface area contributed by atoms with Gasteiger partial charge in [-0.2, -0.15) is 0 Å². The Morgan fingerprint density at radius 3 is 2.69 bits per heavy atom. The zero-order valence-corrected chi connectivity index (χ0v) is 21.2. The lowest BCUT2D eigenvalue weighted by atomic mass is 9.76. The number of piperidine rings is 1. The molecule has 9 nitrogen and oxygen atoms in total. The first-order valence-corrected chi connectivity index (χ1v) is 12.6. The van der Waals surface area contributed by atoms with Crippen molar-refractivity contribution in [2.24, 2.45) is 17.3 Å². The molecule has 4 atom stereocenters. The second-order valence-electron chi connectivity index (χ2n) is 11.3. The van der Waals surface area contributed by atoms with Gasteiger partial charge in [-0.1, -0.05) is 33.8 Å². The molecule has 3 aliphatic rings. The van der Waals surface area contributed by atoms with Crippen molar-refractivity contribution in [2.75, 3.05) is 20.3 Å². The molecular weight excluding hydrogens is 447 g/mol. The highest BCUT2D eigenvalue weighted by Gasteiger charge is 2.51. The quantitative estimate of drug-likeness (QED) is 0.635. The molecule has 1 saturated carbocycles. The van der Waals surface area contributed by atoms with Crippen molar-refractivity contribution in [1.29, 1.82) is 0 Å². The number of imidazole rings is 1. The van der Waals surface area contributed by atoms with Crippen molar-refractivity contribution in [3.05, 3.63) is 24.0 Å². The van der Waals surface area contributed by atoms with Crippen molar-refractivity contribution in [1.82, 2.24) is 20.2 Å². The Balaban J connectivity index is 1.41. The number of aromatic nitrogens is 2. The molecule has 3 heterocycles. The van der Waals surface area contributed by atoms with E-state index < -0.39 is 19.3 Å². The van der Waals surface area contributed by atoms with Crippen LogP contribution in [-0.2, 0) is 18.8 Å². The van der Waals surface area contributed by atoms with Gasteiger partial charge in [0, 0.05) is 24.7 Å². The number of methoxy groups -OCH3 is 1. The molecule has 0 spiro atoms. The van der Waals surface area contributed by atoms with Gasteiger partial charge in [0.2, 0.25) is 5.91 Å². The number of H-pyrrole nitrogens is 1. The Kier molecular flexibility index (Phi) is 6.29. The van der Waals surface area contributed by atoms with Crippen LogP contribution in [0.15, 0.2) is 18.2 Å². The fourth-order valence-electron chi connectivity index (χ4n) is 5.74. The third-order valence-corrected chi connectivity index (χ3v) is 7.56. The fraction of sp³-hybridized carbons (Fsp3) is 0.640. The maximum absolute atomic E-state index is 13.7. The summed E-state index contributed by atoms with van der Waals surface area (Å²) in [5.74, 6) is 1.00. The van der Waals surface area contributed by atoms with Gasteiger partial charge in [0.15, 0.2) is 0 Å². The van der Waals surface area contributed by atoms with E-state index in [4.69, 9.17) is 19.0 Å². The molecule has 5 rings (SSSR count). The predicted octanol–water partition coefficient (Wildman–Crippen LogP) is 2.76. The first kappa shape index (κ1) is 24.1. The number of nitrogens with one attached hydrogen (secondary N) is 2. The van der Waals surface area contributed by atoms with Crippen LogP contribution < -0.4 is 10.8 Å². The summed E-state index contributed by atoms with van der Waals surface area (Å²) in [6.45, 7) is 9.40. The topological polar surface area (TPSA) is 106 Å². The molecule has 188 valence electrons. The van der Waals surface area contributed by atoms with Crippen LogP contribution in [0.1, 0.15) is 58.8 Å². The summed E-state index contributed by atoms with van der Waals surface area (Å²) < 4.78 is 16.7. The highest BCUT2D eigenvalue weighted by atomic mass is 16.6. The van der Waals surface area contributed by atoms with Crippen LogP contribution >= 0.6 is 0 Å². The lowest BCUT2D eigenvalue weighted by molar-refractivity contribution is -0.139. The van der Waals surface area contributed by atoms with Crippen molar-refractivity contribution in [2.45, 2.75) is 65.1 Å². The Morgan fingerprint density at radius 2 is 2.00 bits per heavy atom. The lowest BCUT2D eigenvalue weighted by Gasteiger charge is -2.37. The van der Waals surface area contributed by atoms with Gasteiger partial charge in [-0.05, 0) is 48.7 Å². The number of amides is 2. The average Bonchev–Trinajstić information content (AvgIpc) is 3.55. The van der Waals surface area contributed by atoms with Crippen molar-refractivity contribution < 1.29 is 23.6 Å². The van der Waals surface area contributed by atoms with Crippen LogP contribution in [0.4, 0.5) is 4.79 Å². The van der Waals surface area contributed by atoms with Crippen LogP contribution in [-0.4, -0.2) is 66.4 Å². The number of rotatable bonds is 5. The third kappa shape index (κ3) is 4.54. The monoisotopic (exact) mass is 482 g/mol. The first-order valence-electron chi connectivity index (χ1n) is 12.6. The molecule has 0 unspecified atom stereocenters. The number of benzene rings is 1. The molecule has 2 N–H and O–H groups in total. The molecule has 2 aliphatic heterocycles. The van der Waals surface area contributed by atoms with Gasteiger partial charge < -0.3 is 29.2 Å². The summed E-state index contributed by atoms with van der Waals surface area (Å²) in [5, 5.41) is 2.74. The number of likely N-dealkylation sites (tertiary alicyclic amines) is 1. The minimum absolute atomic E-state index is 0.0100. The highest BCUT2D eigenvalue weighted by Crippen LogP contribution is 2.50. The summed E-state index contributed by atoms with van der Waals surface area (Å²) in [6.07, 6.45) is 2.41. The van der Waals surface area contributed by atoms with E-state index in [1.165, 1.54) is 7.11 Å². The Morgan fingerprint density at radius 1 is 1.26 bits per heavy atom. The highest BCUT2D eigenvalue weighted by molar-refractivity contribution is 6.61. The molecule has 3 fully saturated rings. The Bertz CT molecular complexity index is 1110. The van der Waals surface area contributed by atoms with Crippen LogP contribution in [0.2, 0.25) is 0 Å². The maximum atomic E-state index is 13.7. The standard InChI is InChI=1S/C25H35BN4O5/c1-14(2)20(29-24(32)33-5)23(31)30-17-8-6-15(10-17)21(30)22-27-18-9-7-16(11-19(18)28-22)26-34-12-25(3,4)13-35-26/h7,9,11,14-15,17,20-21H,6,8,10,12-13H2,1-5H3,(H,27,28)(H,29,32)/t15-,17+,20-,21-/m0/s1. The second kappa shape index (κ2) is 9.13. The summed E-state index contributed by atoms with van der Waals surface area (Å²) in [4.78, 5) is 36.0. The lowest BCUT2D eigenvalue weighted by Crippen LogP contribution is -2.54. The van der Waals surface area contributed by atoms with Crippen molar-refractivity contribution in [3.63, 3.8) is 0 Å². The average molecular weight is 482 g/mol. The van der Waals surface area contributed by atoms with E-state index in [2.05, 4.69) is 24.1 Å². The predicted molar refractivity (Wildman–Crippen MR) is 132 cm³/mol. The molecule has 35 heavy (non-hydrogen) atoms. The summed E-state index contributed by atoms with van der Waals surface area (Å²) >= 11 is 0. The summed E-state index contributed by atoms with van der Waals surface area (Å²) in [6, 6.07) is 5.38. The van der Waals surface area contributed by atoms with E-state index in [9.17, 15) is 9.59 Å². The number of alkyl carbamates (subject to hydrolysis) is 1. The molecule has 1 aromatic heterocycles. The largest absolute Gasteiger partial charge is 0.493 e. The summed E-state index contributed by atoms with van der Waals surface area (Å²) in [5.41, 5.74) is 2.71. The van der Waals surface area contributed by atoms with Crippen molar-refractivity contribution >= 4 is 35.6 Å². The van der Waals surface area contributed by atoms with Crippen LogP contribution in [0.3, 0.4) is 0 Å². The smallest absolute Gasteiger partial charge is 0.453 e. The third-order valence-electron chi connectivity index (χ3n) is 7.56. The normalized spacial score (nSPS) is 26.4. The molecule has 1 aromatic carbocycles. The zero-order chi connectivity index (χ0) is 24.9. The number of aromatic amines is 1. The van der Waals surface area contributed by atoms with Gasteiger partial charge in [0.05, 0.1) is 24.2 Å². The van der Waals surface area contributed by atoms with Gasteiger partial charge in [0.1, 0.15) is 11.9 Å². The van der Waals surface area contributed by atoms with E-state index in [0.29, 0.717) is 19.1 Å². The van der Waals surface area contributed by atoms with Crippen LogP contribution in [0.25, 0.3) is 11.0 Å². The molecular formula is C25H35BN4O5. The summed E-state index contributed by atoms with van der Waals surface area (Å²) in [7, 11) is 0.918. The number of fused-ring (bicyclic) bond motifs is 3. The number of nitrogens with zero attached hydrogens (tertiary/aromatic N) is 2. The van der Waals surface area contributed by atoms with Gasteiger partial charge in [-0.3, -0.25) is 4.79 Å². The molecule has 1 aliphatic carbocycles. The minimum Gasteiger partial charge on any atom is -0.453 e. The molecule has 2 bridgehead atoms. The number of carbonyl (C=O) groups is 2. The van der Waals surface area contributed by atoms with Crippen LogP contribution in [0, 0.1) is 17.3 Å². The van der Waals surface area contributed by atoms with E-state index in [1.807, 2.05) is 36.9 Å². The first-order chi connectivity index (χ1) is 16.7. The molecule has 2 aromatic rings. The number of hydrogen-bond acceptors (Lipinski definition) is 6. The number of hydrogen-bond donors (Lipinski definition) is 2. The Hall–Kier alpha value is -2.59. The molecule has 0 radical (unpaired) electrons. The van der Waals surface area contributed by atoms with E-state index in [1.54, 1.807) is 0 Å². The van der Waals surface area contributed by atoms with Gasteiger partial charge in [-0.25, -0.2) is 9.78 Å². The van der Waals surface area contributed by atoms with Gasteiger partial charge in [0.25, 0.3) is 0 Å². The number of carbonyl (C=O) groups excluding carboxylic acids is 2.